The highest BCUT2D eigenvalue weighted by Crippen LogP contribution is 2.07. The Morgan fingerprint density at radius 2 is 2.05 bits per heavy atom. The summed E-state index contributed by atoms with van der Waals surface area (Å²) in [5, 5.41) is 7.41. The summed E-state index contributed by atoms with van der Waals surface area (Å²) < 4.78 is 1.56. The van der Waals surface area contributed by atoms with E-state index >= 15 is 0 Å². The van der Waals surface area contributed by atoms with Gasteiger partial charge in [-0.3, -0.25) is 4.79 Å². The van der Waals surface area contributed by atoms with Crippen molar-refractivity contribution in [1.82, 2.24) is 14.7 Å². The van der Waals surface area contributed by atoms with Crippen LogP contribution in [0.4, 0.5) is 5.69 Å². The summed E-state index contributed by atoms with van der Waals surface area (Å²) in [4.78, 5) is 14.4. The van der Waals surface area contributed by atoms with E-state index in [4.69, 9.17) is 0 Å². The highest BCUT2D eigenvalue weighted by molar-refractivity contribution is 5.39. The number of likely N-dealkylation sites (tertiary alicyclic amines) is 1. The van der Waals surface area contributed by atoms with Gasteiger partial charge in [-0.2, -0.15) is 5.10 Å². The number of nitrogens with zero attached hydrogens (tertiary/aromatic N) is 3. The van der Waals surface area contributed by atoms with Gasteiger partial charge in [0.25, 0.3) is 5.56 Å². The highest BCUT2D eigenvalue weighted by Gasteiger charge is 2.10. The fourth-order valence-corrected chi connectivity index (χ4v) is 2.46. The summed E-state index contributed by atoms with van der Waals surface area (Å²) >= 11 is 0. The lowest BCUT2D eigenvalue weighted by Crippen LogP contribution is -2.27. The van der Waals surface area contributed by atoms with E-state index in [2.05, 4.69) is 15.3 Å². The van der Waals surface area contributed by atoms with Crippen LogP contribution in [0.2, 0.25) is 0 Å². The molecule has 19 heavy (non-hydrogen) atoms. The normalized spacial score (nSPS) is 16.2. The number of hydrogen-bond donors (Lipinski definition) is 1. The first-order chi connectivity index (χ1) is 9.15. The topological polar surface area (TPSA) is 50.2 Å². The zero-order valence-electron chi connectivity index (χ0n) is 11.9. The Kier molecular flexibility index (Phi) is 4.96. The number of hydrogen-bond acceptors (Lipinski definition) is 4. The maximum absolute atomic E-state index is 11.9. The van der Waals surface area contributed by atoms with Crippen molar-refractivity contribution in [2.75, 3.05) is 25.0 Å². The maximum atomic E-state index is 11.9. The van der Waals surface area contributed by atoms with E-state index in [-0.39, 0.29) is 5.56 Å². The third kappa shape index (κ3) is 4.35. The minimum atomic E-state index is -0.0212. The van der Waals surface area contributed by atoms with Crippen molar-refractivity contribution in [3.8, 4) is 0 Å². The lowest BCUT2D eigenvalue weighted by atomic mass is 10.3. The molecule has 0 spiro atoms. The van der Waals surface area contributed by atoms with Gasteiger partial charge in [0.2, 0.25) is 0 Å². The minimum absolute atomic E-state index is 0.0212. The van der Waals surface area contributed by atoms with E-state index in [0.717, 1.165) is 18.7 Å². The zero-order chi connectivity index (χ0) is 13.7. The molecule has 0 unspecified atom stereocenters. The van der Waals surface area contributed by atoms with Crippen molar-refractivity contribution in [2.24, 2.45) is 0 Å². The molecule has 0 aromatic carbocycles. The number of aryl methyl sites for hydroxylation is 1. The summed E-state index contributed by atoms with van der Waals surface area (Å²) in [6.45, 7) is 8.28. The molecule has 1 fully saturated rings. The molecule has 0 amide bonds. The smallest absolute Gasteiger partial charge is 0.268 e. The first-order valence-electron chi connectivity index (χ1n) is 7.21. The second-order valence-electron chi connectivity index (χ2n) is 5.51. The minimum Gasteiger partial charge on any atom is -0.381 e. The molecule has 0 saturated carbocycles. The Morgan fingerprint density at radius 1 is 1.32 bits per heavy atom. The van der Waals surface area contributed by atoms with E-state index in [1.54, 1.807) is 16.9 Å². The van der Waals surface area contributed by atoms with Crippen LogP contribution in [0.5, 0.6) is 0 Å². The van der Waals surface area contributed by atoms with Crippen molar-refractivity contribution in [1.29, 1.82) is 0 Å². The Bertz CT molecular complexity index is 449. The van der Waals surface area contributed by atoms with Gasteiger partial charge in [0.05, 0.1) is 11.9 Å². The molecule has 5 nitrogen and oxygen atoms in total. The summed E-state index contributed by atoms with van der Waals surface area (Å²) in [5.74, 6) is 0. The van der Waals surface area contributed by atoms with Crippen molar-refractivity contribution in [3.63, 3.8) is 0 Å². The van der Waals surface area contributed by atoms with Crippen LogP contribution in [0.1, 0.15) is 33.1 Å². The van der Waals surface area contributed by atoms with E-state index < -0.39 is 0 Å². The lowest BCUT2D eigenvalue weighted by molar-refractivity contribution is 0.320. The first-order valence-corrected chi connectivity index (χ1v) is 7.21. The van der Waals surface area contributed by atoms with Crippen LogP contribution >= 0.6 is 0 Å². The average molecular weight is 264 g/mol. The highest BCUT2D eigenvalue weighted by atomic mass is 16.1. The molecular weight excluding hydrogens is 240 g/mol. The van der Waals surface area contributed by atoms with E-state index in [0.29, 0.717) is 12.6 Å². The third-order valence-electron chi connectivity index (χ3n) is 3.37. The molecule has 0 aliphatic carbocycles. The van der Waals surface area contributed by atoms with Gasteiger partial charge in [0.1, 0.15) is 0 Å². The number of rotatable bonds is 6. The van der Waals surface area contributed by atoms with Gasteiger partial charge >= 0.3 is 0 Å². The molecule has 1 N–H and O–H groups in total. The molecule has 0 atom stereocenters. The van der Waals surface area contributed by atoms with Gasteiger partial charge in [-0.15, -0.1) is 0 Å². The van der Waals surface area contributed by atoms with Crippen LogP contribution < -0.4 is 10.9 Å². The Balaban J connectivity index is 1.84. The van der Waals surface area contributed by atoms with E-state index in [1.165, 1.54) is 25.9 Å². The molecule has 1 saturated heterocycles. The summed E-state index contributed by atoms with van der Waals surface area (Å²) in [7, 11) is 0. The fraction of sp³-hybridized carbons (Fsp3) is 0.714. The largest absolute Gasteiger partial charge is 0.381 e. The van der Waals surface area contributed by atoms with E-state index in [9.17, 15) is 4.79 Å². The molecule has 1 aliphatic rings. The molecular formula is C14H24N4O. The predicted molar refractivity (Wildman–Crippen MR) is 77.5 cm³/mol. The summed E-state index contributed by atoms with van der Waals surface area (Å²) in [6, 6.07) is 1.94. The monoisotopic (exact) mass is 264 g/mol. The summed E-state index contributed by atoms with van der Waals surface area (Å²) in [6.07, 6.45) is 5.35. The predicted octanol–water partition coefficient (Wildman–Crippen LogP) is 1.55. The fourth-order valence-electron chi connectivity index (χ4n) is 2.46. The zero-order valence-corrected chi connectivity index (χ0v) is 11.9. The molecule has 0 radical (unpaired) electrons. The molecule has 1 aromatic heterocycles. The molecule has 0 bridgehead atoms. The van der Waals surface area contributed by atoms with Crippen LogP contribution in [0.3, 0.4) is 0 Å². The number of aromatic nitrogens is 2. The molecule has 106 valence electrons. The van der Waals surface area contributed by atoms with Crippen LogP contribution in [-0.2, 0) is 6.54 Å². The third-order valence-corrected chi connectivity index (χ3v) is 3.37. The first kappa shape index (κ1) is 14.1. The van der Waals surface area contributed by atoms with Crippen molar-refractivity contribution in [3.05, 3.63) is 22.6 Å². The molecule has 2 heterocycles. The van der Waals surface area contributed by atoms with Crippen LogP contribution in [0.15, 0.2) is 17.1 Å². The standard InChI is InChI=1S/C14H24N4O/c1-12(2)16-13-10-14(19)18(15-11-13)9-5-8-17-6-3-4-7-17/h10-12,16H,3-9H2,1-2H3. The molecule has 2 rings (SSSR count). The van der Waals surface area contributed by atoms with Gasteiger partial charge in [0.15, 0.2) is 0 Å². The van der Waals surface area contributed by atoms with Gasteiger partial charge < -0.3 is 10.2 Å². The molecule has 1 aliphatic heterocycles. The van der Waals surface area contributed by atoms with Crippen LogP contribution in [0, 0.1) is 0 Å². The second-order valence-corrected chi connectivity index (χ2v) is 5.51. The quantitative estimate of drug-likeness (QED) is 0.847. The Labute approximate surface area is 114 Å². The second kappa shape index (κ2) is 6.70. The van der Waals surface area contributed by atoms with Crippen LogP contribution in [-0.4, -0.2) is 40.4 Å². The van der Waals surface area contributed by atoms with Gasteiger partial charge in [-0.25, -0.2) is 4.68 Å². The SMILES string of the molecule is CC(C)Nc1cnn(CCCN2CCCC2)c(=O)c1. The van der Waals surface area contributed by atoms with E-state index in [1.807, 2.05) is 13.8 Å². The van der Waals surface area contributed by atoms with Crippen molar-refractivity contribution < 1.29 is 0 Å². The Hall–Kier alpha value is -1.36. The van der Waals surface area contributed by atoms with Gasteiger partial charge in [-0.1, -0.05) is 0 Å². The Morgan fingerprint density at radius 3 is 2.68 bits per heavy atom. The number of nitrogens with one attached hydrogen (secondary N) is 1. The van der Waals surface area contributed by atoms with Gasteiger partial charge in [0, 0.05) is 18.7 Å². The number of anilines is 1. The van der Waals surface area contributed by atoms with Gasteiger partial charge in [-0.05, 0) is 52.7 Å². The lowest BCUT2D eigenvalue weighted by Gasteiger charge is -2.14. The molecule has 1 aromatic rings. The molecule has 5 heteroatoms. The maximum Gasteiger partial charge on any atom is 0.268 e. The summed E-state index contributed by atoms with van der Waals surface area (Å²) in [5.41, 5.74) is 0.780. The van der Waals surface area contributed by atoms with Crippen molar-refractivity contribution in [2.45, 2.75) is 45.7 Å². The average Bonchev–Trinajstić information content (AvgIpc) is 2.84. The van der Waals surface area contributed by atoms with Crippen LogP contribution in [0.25, 0.3) is 0 Å². The van der Waals surface area contributed by atoms with Crippen molar-refractivity contribution >= 4 is 5.69 Å².